The number of nitriles is 1. The van der Waals surface area contributed by atoms with E-state index < -0.39 is 12.6 Å². The second-order valence-electron chi connectivity index (χ2n) is 3.27. The average Bonchev–Trinajstić information content (AvgIpc) is 2.25. The van der Waals surface area contributed by atoms with Crippen molar-refractivity contribution in [2.45, 2.75) is 12.6 Å². The maximum Gasteiger partial charge on any atom is 0.390 e. The number of halogens is 3. The first-order chi connectivity index (χ1) is 7.44. The first-order valence-electron chi connectivity index (χ1n) is 4.57. The normalized spacial score (nSPS) is 10.9. The van der Waals surface area contributed by atoms with E-state index in [1.54, 1.807) is 12.1 Å². The number of aromatic nitrogens is 1. The van der Waals surface area contributed by atoms with E-state index in [0.717, 1.165) is 0 Å². The lowest BCUT2D eigenvalue weighted by Crippen LogP contribution is -2.24. The molecule has 6 heteroatoms. The van der Waals surface area contributed by atoms with Crippen LogP contribution in [0.4, 0.5) is 18.9 Å². The van der Waals surface area contributed by atoms with Crippen LogP contribution in [-0.2, 0) is 0 Å². The van der Waals surface area contributed by atoms with E-state index in [2.05, 4.69) is 4.98 Å². The quantitative estimate of drug-likeness (QED) is 0.798. The summed E-state index contributed by atoms with van der Waals surface area (Å²) in [6.45, 7) is -0.191. The van der Waals surface area contributed by atoms with Gasteiger partial charge in [-0.2, -0.15) is 18.4 Å². The van der Waals surface area contributed by atoms with Crippen molar-refractivity contribution < 1.29 is 13.2 Å². The van der Waals surface area contributed by atoms with Gasteiger partial charge in [0.05, 0.1) is 12.1 Å². The third-order valence-corrected chi connectivity index (χ3v) is 2.03. The summed E-state index contributed by atoms with van der Waals surface area (Å²) in [6.07, 6.45) is -3.67. The van der Waals surface area contributed by atoms with Gasteiger partial charge < -0.3 is 4.90 Å². The van der Waals surface area contributed by atoms with E-state index >= 15 is 0 Å². The van der Waals surface area contributed by atoms with Gasteiger partial charge in [-0.1, -0.05) is 0 Å². The Bertz CT molecular complexity index is 395. The number of anilines is 1. The van der Waals surface area contributed by atoms with Crippen molar-refractivity contribution >= 4 is 5.69 Å². The van der Waals surface area contributed by atoms with Gasteiger partial charge in [0, 0.05) is 19.8 Å². The molecule has 0 spiro atoms. The summed E-state index contributed by atoms with van der Waals surface area (Å²) < 4.78 is 36.0. The third-order valence-electron chi connectivity index (χ3n) is 2.03. The minimum absolute atomic E-state index is 0.132. The summed E-state index contributed by atoms with van der Waals surface area (Å²) in [5, 5.41) is 8.73. The van der Waals surface area contributed by atoms with Crippen LogP contribution in [0.25, 0.3) is 0 Å². The summed E-state index contributed by atoms with van der Waals surface area (Å²) >= 11 is 0. The predicted octanol–water partition coefficient (Wildman–Crippen LogP) is 2.34. The molecule has 0 saturated heterocycles. The SMILES string of the molecule is CN(CCC(F)(F)F)c1cccnc1C#N. The van der Waals surface area contributed by atoms with Gasteiger partial charge in [0.1, 0.15) is 6.07 Å². The monoisotopic (exact) mass is 229 g/mol. The van der Waals surface area contributed by atoms with Gasteiger partial charge in [-0.15, -0.1) is 0 Å². The second-order valence-corrected chi connectivity index (χ2v) is 3.27. The summed E-state index contributed by atoms with van der Waals surface area (Å²) in [7, 11) is 1.50. The van der Waals surface area contributed by atoms with Crippen LogP contribution in [0.1, 0.15) is 12.1 Å². The predicted molar refractivity (Wildman–Crippen MR) is 52.9 cm³/mol. The lowest BCUT2D eigenvalue weighted by molar-refractivity contribution is -0.132. The van der Waals surface area contributed by atoms with Gasteiger partial charge in [0.25, 0.3) is 0 Å². The minimum atomic E-state index is -4.19. The largest absolute Gasteiger partial charge is 0.390 e. The highest BCUT2D eigenvalue weighted by molar-refractivity contribution is 5.54. The standard InChI is InChI=1S/C10H10F3N3/c1-16(6-4-10(11,12)13)9-3-2-5-15-8(9)7-14/h2-3,5H,4,6H2,1H3. The number of nitrogens with zero attached hydrogens (tertiary/aromatic N) is 3. The highest BCUT2D eigenvalue weighted by atomic mass is 19.4. The van der Waals surface area contributed by atoms with Crippen LogP contribution in [-0.4, -0.2) is 24.8 Å². The van der Waals surface area contributed by atoms with E-state index in [4.69, 9.17) is 5.26 Å². The Morgan fingerprint density at radius 1 is 1.50 bits per heavy atom. The Balaban J connectivity index is 2.74. The van der Waals surface area contributed by atoms with Gasteiger partial charge in [-0.25, -0.2) is 4.98 Å². The molecule has 1 aromatic rings. The van der Waals surface area contributed by atoms with Crippen molar-refractivity contribution in [1.82, 2.24) is 4.98 Å². The zero-order chi connectivity index (χ0) is 12.2. The molecule has 0 atom stereocenters. The molecule has 1 rings (SSSR count). The Hall–Kier alpha value is -1.77. The van der Waals surface area contributed by atoms with Crippen LogP contribution in [0, 0.1) is 11.3 Å². The van der Waals surface area contributed by atoms with Crippen molar-refractivity contribution in [3.8, 4) is 6.07 Å². The summed E-state index contributed by atoms with van der Waals surface area (Å²) in [5.41, 5.74) is 0.543. The lowest BCUT2D eigenvalue weighted by Gasteiger charge is -2.20. The molecule has 16 heavy (non-hydrogen) atoms. The molecule has 0 fully saturated rings. The Morgan fingerprint density at radius 3 is 2.75 bits per heavy atom. The smallest absolute Gasteiger partial charge is 0.372 e. The molecule has 0 unspecified atom stereocenters. The zero-order valence-corrected chi connectivity index (χ0v) is 8.62. The molecule has 0 aliphatic carbocycles. The molecule has 1 aromatic heterocycles. The van der Waals surface area contributed by atoms with Crippen molar-refractivity contribution in [3.05, 3.63) is 24.0 Å². The number of pyridine rings is 1. The van der Waals surface area contributed by atoms with Crippen molar-refractivity contribution in [1.29, 1.82) is 5.26 Å². The molecule has 0 aromatic carbocycles. The fraction of sp³-hybridized carbons (Fsp3) is 0.400. The highest BCUT2D eigenvalue weighted by Gasteiger charge is 2.27. The highest BCUT2D eigenvalue weighted by Crippen LogP contribution is 2.22. The van der Waals surface area contributed by atoms with E-state index in [1.807, 2.05) is 6.07 Å². The molecule has 0 saturated carbocycles. The molecular weight excluding hydrogens is 219 g/mol. The number of hydrogen-bond acceptors (Lipinski definition) is 3. The Labute approximate surface area is 91.1 Å². The molecule has 1 heterocycles. The van der Waals surface area contributed by atoms with Crippen LogP contribution in [0.5, 0.6) is 0 Å². The molecule has 0 amide bonds. The summed E-state index contributed by atoms with van der Waals surface area (Å²) in [5.74, 6) is 0. The molecule has 86 valence electrons. The van der Waals surface area contributed by atoms with Gasteiger partial charge >= 0.3 is 6.18 Å². The van der Waals surface area contributed by atoms with Crippen molar-refractivity contribution in [3.63, 3.8) is 0 Å². The van der Waals surface area contributed by atoms with E-state index in [0.29, 0.717) is 5.69 Å². The average molecular weight is 229 g/mol. The fourth-order valence-electron chi connectivity index (χ4n) is 1.21. The molecule has 0 N–H and O–H groups in total. The molecule has 0 aliphatic rings. The topological polar surface area (TPSA) is 39.9 Å². The molecule has 0 bridgehead atoms. The summed E-state index contributed by atoms with van der Waals surface area (Å²) in [4.78, 5) is 5.15. The summed E-state index contributed by atoms with van der Waals surface area (Å²) in [6, 6.07) is 4.99. The maximum absolute atomic E-state index is 12.0. The third kappa shape index (κ3) is 3.42. The van der Waals surface area contributed by atoms with Gasteiger partial charge in [-0.3, -0.25) is 0 Å². The molecular formula is C10H10F3N3. The number of hydrogen-bond donors (Lipinski definition) is 0. The maximum atomic E-state index is 12.0. The van der Waals surface area contributed by atoms with Crippen LogP contribution in [0.15, 0.2) is 18.3 Å². The van der Waals surface area contributed by atoms with E-state index in [1.165, 1.54) is 18.1 Å². The van der Waals surface area contributed by atoms with Gasteiger partial charge in [0.15, 0.2) is 5.69 Å². The van der Waals surface area contributed by atoms with Crippen molar-refractivity contribution in [2.75, 3.05) is 18.5 Å². The second kappa shape index (κ2) is 4.84. The van der Waals surface area contributed by atoms with Crippen LogP contribution < -0.4 is 4.90 Å². The van der Waals surface area contributed by atoms with Crippen LogP contribution >= 0.6 is 0 Å². The van der Waals surface area contributed by atoms with E-state index in [-0.39, 0.29) is 12.2 Å². The fourth-order valence-corrected chi connectivity index (χ4v) is 1.21. The van der Waals surface area contributed by atoms with Crippen LogP contribution in [0.2, 0.25) is 0 Å². The molecule has 0 radical (unpaired) electrons. The van der Waals surface area contributed by atoms with Gasteiger partial charge in [0.2, 0.25) is 0 Å². The minimum Gasteiger partial charge on any atom is -0.372 e. The molecule has 3 nitrogen and oxygen atoms in total. The Morgan fingerprint density at radius 2 is 2.19 bits per heavy atom. The van der Waals surface area contributed by atoms with E-state index in [9.17, 15) is 13.2 Å². The molecule has 0 aliphatic heterocycles. The number of rotatable bonds is 3. The lowest BCUT2D eigenvalue weighted by atomic mass is 10.2. The van der Waals surface area contributed by atoms with Crippen LogP contribution in [0.3, 0.4) is 0 Å². The number of alkyl halides is 3. The first kappa shape index (κ1) is 12.3. The van der Waals surface area contributed by atoms with Crippen molar-refractivity contribution in [2.24, 2.45) is 0 Å². The first-order valence-corrected chi connectivity index (χ1v) is 4.57. The zero-order valence-electron chi connectivity index (χ0n) is 8.62. The van der Waals surface area contributed by atoms with Gasteiger partial charge in [-0.05, 0) is 12.1 Å². The Kier molecular flexibility index (Phi) is 3.72.